The summed E-state index contributed by atoms with van der Waals surface area (Å²) in [6.45, 7) is 3.76. The first kappa shape index (κ1) is 22.4. The quantitative estimate of drug-likeness (QED) is 0.249. The number of phenolic OH excluding ortho intramolecular Hbond substituents is 1. The lowest BCUT2D eigenvalue weighted by Crippen LogP contribution is -2.12. The van der Waals surface area contributed by atoms with Crippen LogP contribution in [0.15, 0.2) is 64.6 Å². The van der Waals surface area contributed by atoms with E-state index >= 15 is 0 Å². The molecule has 0 aliphatic rings. The van der Waals surface area contributed by atoms with E-state index in [1.807, 2.05) is 31.2 Å². The molecule has 0 amide bonds. The van der Waals surface area contributed by atoms with Crippen LogP contribution in [-0.2, 0) is 13.0 Å². The van der Waals surface area contributed by atoms with E-state index in [0.29, 0.717) is 40.5 Å². The first-order valence-electron chi connectivity index (χ1n) is 9.95. The highest BCUT2D eigenvalue weighted by Gasteiger charge is 2.16. The Morgan fingerprint density at radius 2 is 2.00 bits per heavy atom. The zero-order valence-electron chi connectivity index (χ0n) is 17.5. The van der Waals surface area contributed by atoms with Gasteiger partial charge in [-0.15, -0.1) is 0 Å². The molecule has 1 aromatic heterocycles. The predicted molar refractivity (Wildman–Crippen MR) is 122 cm³/mol. The number of benzene rings is 2. The van der Waals surface area contributed by atoms with Gasteiger partial charge >= 0.3 is 0 Å². The highest BCUT2D eigenvalue weighted by atomic mass is 32.2. The van der Waals surface area contributed by atoms with Crippen molar-refractivity contribution in [1.29, 1.82) is 5.41 Å². The molecular formula is C24H25N3O3S. The molecule has 0 unspecified atom stereocenters. The number of carbonyl (C=O) groups is 1. The zero-order valence-corrected chi connectivity index (χ0v) is 18.3. The maximum Gasteiger partial charge on any atom is 0.163 e. The first-order valence-corrected chi connectivity index (χ1v) is 10.8. The van der Waals surface area contributed by atoms with Gasteiger partial charge in [-0.25, -0.2) is 4.98 Å². The molecule has 160 valence electrons. The van der Waals surface area contributed by atoms with E-state index < -0.39 is 0 Å². The van der Waals surface area contributed by atoms with Gasteiger partial charge in [0.25, 0.3) is 0 Å². The SMILES string of the molecule is CCCc1c(OCc2cccc(Sc3ncccc3C(=N)N)c2)ccc(C(C)=O)c1O. The van der Waals surface area contributed by atoms with Crippen LogP contribution >= 0.6 is 11.8 Å². The molecular weight excluding hydrogens is 410 g/mol. The van der Waals surface area contributed by atoms with Crippen LogP contribution in [0, 0.1) is 5.41 Å². The number of hydrogen-bond donors (Lipinski definition) is 3. The van der Waals surface area contributed by atoms with Crippen molar-refractivity contribution in [3.05, 3.63) is 77.0 Å². The average Bonchev–Trinajstić information content (AvgIpc) is 2.74. The minimum atomic E-state index is -0.175. The number of nitrogens with zero attached hydrogens (tertiary/aromatic N) is 1. The first-order chi connectivity index (χ1) is 14.9. The van der Waals surface area contributed by atoms with Crippen LogP contribution in [0.3, 0.4) is 0 Å². The number of nitrogens with two attached hydrogens (primary N) is 1. The topological polar surface area (TPSA) is 109 Å². The minimum Gasteiger partial charge on any atom is -0.507 e. The van der Waals surface area contributed by atoms with Crippen LogP contribution in [0.25, 0.3) is 0 Å². The van der Waals surface area contributed by atoms with E-state index in [4.69, 9.17) is 15.9 Å². The van der Waals surface area contributed by atoms with Gasteiger partial charge in [0, 0.05) is 22.2 Å². The molecule has 6 nitrogen and oxygen atoms in total. The van der Waals surface area contributed by atoms with Crippen molar-refractivity contribution in [3.63, 3.8) is 0 Å². The van der Waals surface area contributed by atoms with Gasteiger partial charge in [0.1, 0.15) is 29.0 Å². The van der Waals surface area contributed by atoms with Crippen molar-refractivity contribution in [2.75, 3.05) is 0 Å². The third kappa shape index (κ3) is 5.44. The highest BCUT2D eigenvalue weighted by molar-refractivity contribution is 7.99. The number of Topliss-reactive ketones (excluding diaryl/α,β-unsaturated/α-hetero) is 1. The number of ether oxygens (including phenoxy) is 1. The maximum absolute atomic E-state index is 11.7. The van der Waals surface area contributed by atoms with E-state index in [9.17, 15) is 9.90 Å². The monoisotopic (exact) mass is 435 g/mol. The van der Waals surface area contributed by atoms with Gasteiger partial charge in [0.05, 0.1) is 5.56 Å². The molecule has 4 N–H and O–H groups in total. The summed E-state index contributed by atoms with van der Waals surface area (Å²) in [4.78, 5) is 17.0. The Morgan fingerprint density at radius 3 is 2.71 bits per heavy atom. The number of pyridine rings is 1. The molecule has 0 radical (unpaired) electrons. The van der Waals surface area contributed by atoms with Crippen molar-refractivity contribution in [1.82, 2.24) is 4.98 Å². The van der Waals surface area contributed by atoms with Gasteiger partial charge in [-0.3, -0.25) is 10.2 Å². The number of phenols is 1. The van der Waals surface area contributed by atoms with Gasteiger partial charge in [-0.05, 0) is 55.3 Å². The minimum absolute atomic E-state index is 0.00284. The summed E-state index contributed by atoms with van der Waals surface area (Å²) in [6.07, 6.45) is 3.11. The van der Waals surface area contributed by atoms with E-state index in [2.05, 4.69) is 4.98 Å². The second-order valence-corrected chi connectivity index (χ2v) is 8.11. The lowest BCUT2D eigenvalue weighted by molar-refractivity contribution is 0.101. The van der Waals surface area contributed by atoms with Crippen LogP contribution in [0.4, 0.5) is 0 Å². The highest BCUT2D eigenvalue weighted by Crippen LogP contribution is 2.34. The fourth-order valence-corrected chi connectivity index (χ4v) is 4.16. The number of carbonyl (C=O) groups excluding carboxylic acids is 1. The molecule has 0 bridgehead atoms. The number of aromatic nitrogens is 1. The molecule has 0 aliphatic carbocycles. The number of amidine groups is 1. The summed E-state index contributed by atoms with van der Waals surface area (Å²) in [5.74, 6) is 0.381. The van der Waals surface area contributed by atoms with Crippen molar-refractivity contribution >= 4 is 23.4 Å². The Morgan fingerprint density at radius 1 is 1.19 bits per heavy atom. The lowest BCUT2D eigenvalue weighted by Gasteiger charge is -2.15. The number of aromatic hydroxyl groups is 1. The fraction of sp³-hybridized carbons (Fsp3) is 0.208. The number of ketones is 1. The smallest absolute Gasteiger partial charge is 0.163 e. The van der Waals surface area contributed by atoms with Crippen LogP contribution in [0.5, 0.6) is 11.5 Å². The van der Waals surface area contributed by atoms with Crippen LogP contribution in [-0.4, -0.2) is 21.7 Å². The van der Waals surface area contributed by atoms with Crippen molar-refractivity contribution in [2.24, 2.45) is 5.73 Å². The van der Waals surface area contributed by atoms with Crippen LogP contribution < -0.4 is 10.5 Å². The van der Waals surface area contributed by atoms with E-state index in [1.54, 1.807) is 30.5 Å². The fourth-order valence-electron chi connectivity index (χ4n) is 3.18. The standard InChI is InChI=1S/C24H25N3O3S/c1-3-6-19-21(11-10-18(15(2)28)22(19)29)30-14-16-7-4-8-17(13-16)31-24-20(23(25)26)9-5-12-27-24/h4-5,7-13,29H,3,6,14H2,1-2H3,(H3,25,26). The third-order valence-corrected chi connectivity index (χ3v) is 5.70. The molecule has 2 aromatic carbocycles. The average molecular weight is 436 g/mol. The largest absolute Gasteiger partial charge is 0.507 e. The lowest BCUT2D eigenvalue weighted by atomic mass is 10.0. The molecule has 0 atom stereocenters. The van der Waals surface area contributed by atoms with Gasteiger partial charge in [0.15, 0.2) is 5.78 Å². The molecule has 1 heterocycles. The van der Waals surface area contributed by atoms with Gasteiger partial charge in [-0.1, -0.05) is 37.2 Å². The summed E-state index contributed by atoms with van der Waals surface area (Å²) in [7, 11) is 0. The number of hydrogen-bond acceptors (Lipinski definition) is 6. The molecule has 7 heteroatoms. The van der Waals surface area contributed by atoms with Gasteiger partial charge in [0.2, 0.25) is 0 Å². The Hall–Kier alpha value is -3.32. The molecule has 0 aliphatic heterocycles. The van der Waals surface area contributed by atoms with Crippen molar-refractivity contribution in [2.45, 2.75) is 43.2 Å². The summed E-state index contributed by atoms with van der Waals surface area (Å²) in [5, 5.41) is 18.9. The Kier molecular flexibility index (Phi) is 7.31. The van der Waals surface area contributed by atoms with Crippen LogP contribution in [0.2, 0.25) is 0 Å². The number of nitrogens with one attached hydrogen (secondary N) is 1. The molecule has 3 rings (SSSR count). The van der Waals surface area contributed by atoms with Crippen molar-refractivity contribution < 1.29 is 14.6 Å². The van der Waals surface area contributed by atoms with Gasteiger partial charge < -0.3 is 15.6 Å². The summed E-state index contributed by atoms with van der Waals surface area (Å²) in [6, 6.07) is 14.7. The summed E-state index contributed by atoms with van der Waals surface area (Å²) in [5.41, 5.74) is 8.17. The number of nitrogen functional groups attached to an aromatic ring is 1. The van der Waals surface area contributed by atoms with Crippen LogP contribution in [0.1, 0.15) is 47.3 Å². The van der Waals surface area contributed by atoms with E-state index in [-0.39, 0.29) is 17.4 Å². The normalized spacial score (nSPS) is 10.6. The van der Waals surface area contributed by atoms with Crippen molar-refractivity contribution in [3.8, 4) is 11.5 Å². The second kappa shape index (κ2) is 10.1. The molecule has 3 aromatic rings. The summed E-state index contributed by atoms with van der Waals surface area (Å²) < 4.78 is 6.01. The Balaban J connectivity index is 1.79. The third-order valence-electron chi connectivity index (χ3n) is 4.69. The molecule has 0 spiro atoms. The predicted octanol–water partition coefficient (Wildman–Crippen LogP) is 4.96. The maximum atomic E-state index is 11.7. The molecule has 0 fully saturated rings. The van der Waals surface area contributed by atoms with E-state index in [1.165, 1.54) is 18.7 Å². The van der Waals surface area contributed by atoms with Gasteiger partial charge in [-0.2, -0.15) is 0 Å². The summed E-state index contributed by atoms with van der Waals surface area (Å²) >= 11 is 1.43. The number of rotatable bonds is 9. The molecule has 0 saturated heterocycles. The second-order valence-electron chi connectivity index (χ2n) is 7.05. The Bertz CT molecular complexity index is 1110. The molecule has 31 heavy (non-hydrogen) atoms. The Labute approximate surface area is 186 Å². The molecule has 0 saturated carbocycles. The van der Waals surface area contributed by atoms with E-state index in [0.717, 1.165) is 16.9 Å². The zero-order chi connectivity index (χ0) is 22.4.